The molecule has 4 rings (SSSR count). The van der Waals surface area contributed by atoms with Crippen LogP contribution in [0.15, 0.2) is 114 Å². The second-order valence-corrected chi connectivity index (χ2v) is 13.1. The number of nitrogens with zero attached hydrogens (tertiary/aromatic N) is 2. The van der Waals surface area contributed by atoms with E-state index >= 15 is 0 Å². The van der Waals surface area contributed by atoms with E-state index in [2.05, 4.69) is 5.32 Å². The van der Waals surface area contributed by atoms with E-state index in [-0.39, 0.29) is 35.5 Å². The molecule has 7 nitrogen and oxygen atoms in total. The van der Waals surface area contributed by atoms with Gasteiger partial charge in [-0.1, -0.05) is 83.9 Å². The van der Waals surface area contributed by atoms with Gasteiger partial charge in [0.15, 0.2) is 0 Å². The van der Waals surface area contributed by atoms with E-state index in [0.717, 1.165) is 15.4 Å². The molecular formula is C33H33Cl2N3O4S. The lowest BCUT2D eigenvalue weighted by atomic mass is 10.0. The molecule has 0 spiro atoms. The van der Waals surface area contributed by atoms with Crippen molar-refractivity contribution in [3.05, 3.63) is 130 Å². The first kappa shape index (κ1) is 32.1. The van der Waals surface area contributed by atoms with Gasteiger partial charge in [0.1, 0.15) is 12.6 Å². The summed E-state index contributed by atoms with van der Waals surface area (Å²) in [5.41, 5.74) is 1.85. The minimum absolute atomic E-state index is 0.0281. The van der Waals surface area contributed by atoms with Crippen LogP contribution >= 0.6 is 23.2 Å². The number of nitrogens with one attached hydrogen (secondary N) is 1. The number of hydrogen-bond donors (Lipinski definition) is 1. The normalized spacial score (nSPS) is 12.0. The van der Waals surface area contributed by atoms with Crippen LogP contribution in [0.4, 0.5) is 5.69 Å². The van der Waals surface area contributed by atoms with Crippen LogP contribution in [0, 0.1) is 0 Å². The van der Waals surface area contributed by atoms with Crippen LogP contribution in [-0.2, 0) is 32.6 Å². The Kier molecular flexibility index (Phi) is 10.9. The number of halogens is 2. The van der Waals surface area contributed by atoms with Crippen LogP contribution < -0.4 is 9.62 Å². The first-order chi connectivity index (χ1) is 20.5. The number of benzene rings is 4. The second kappa shape index (κ2) is 14.6. The smallest absolute Gasteiger partial charge is 0.264 e. The van der Waals surface area contributed by atoms with Gasteiger partial charge in [-0.2, -0.15) is 0 Å². The number of amides is 2. The molecule has 0 heterocycles. The summed E-state index contributed by atoms with van der Waals surface area (Å²) >= 11 is 12.2. The summed E-state index contributed by atoms with van der Waals surface area (Å²) in [4.78, 5) is 29.5. The Bertz CT molecular complexity index is 1620. The molecule has 0 radical (unpaired) electrons. The van der Waals surface area contributed by atoms with Crippen molar-refractivity contribution in [2.45, 2.75) is 43.8 Å². The van der Waals surface area contributed by atoms with Gasteiger partial charge in [0.25, 0.3) is 10.0 Å². The number of rotatable bonds is 12. The van der Waals surface area contributed by atoms with Crippen LogP contribution in [0.1, 0.15) is 25.0 Å². The Balaban J connectivity index is 1.79. The van der Waals surface area contributed by atoms with Crippen LogP contribution in [-0.4, -0.2) is 43.8 Å². The number of carbonyl (C=O) groups is 2. The number of hydrogen-bond acceptors (Lipinski definition) is 4. The highest BCUT2D eigenvalue weighted by molar-refractivity contribution is 7.92. The average Bonchev–Trinajstić information content (AvgIpc) is 2.99. The van der Waals surface area contributed by atoms with Crippen LogP contribution in [0.3, 0.4) is 0 Å². The first-order valence-corrected chi connectivity index (χ1v) is 16.0. The van der Waals surface area contributed by atoms with Gasteiger partial charge in [-0.15, -0.1) is 0 Å². The van der Waals surface area contributed by atoms with Crippen molar-refractivity contribution < 1.29 is 18.0 Å². The topological polar surface area (TPSA) is 86.8 Å². The quantitative estimate of drug-likeness (QED) is 0.196. The Morgan fingerprint density at radius 3 is 1.84 bits per heavy atom. The molecule has 0 bridgehead atoms. The van der Waals surface area contributed by atoms with Gasteiger partial charge in [0.05, 0.1) is 10.6 Å². The van der Waals surface area contributed by atoms with Crippen molar-refractivity contribution in [2.24, 2.45) is 0 Å². The third kappa shape index (κ3) is 8.60. The zero-order valence-corrected chi connectivity index (χ0v) is 26.2. The highest BCUT2D eigenvalue weighted by Gasteiger charge is 2.34. The fraction of sp³-hybridized carbons (Fsp3) is 0.212. The highest BCUT2D eigenvalue weighted by atomic mass is 35.5. The molecule has 1 N–H and O–H groups in total. The molecule has 10 heteroatoms. The van der Waals surface area contributed by atoms with Gasteiger partial charge in [-0.05, 0) is 73.5 Å². The second-order valence-electron chi connectivity index (χ2n) is 10.3. The maximum atomic E-state index is 14.4. The molecule has 4 aromatic rings. The zero-order valence-electron chi connectivity index (χ0n) is 23.9. The Hall–Kier alpha value is -3.85. The molecule has 0 saturated heterocycles. The van der Waals surface area contributed by atoms with E-state index in [4.69, 9.17) is 23.2 Å². The summed E-state index contributed by atoms with van der Waals surface area (Å²) in [7, 11) is -4.17. The van der Waals surface area contributed by atoms with Gasteiger partial charge in [0, 0.05) is 29.1 Å². The highest BCUT2D eigenvalue weighted by Crippen LogP contribution is 2.26. The largest absolute Gasteiger partial charge is 0.352 e. The Morgan fingerprint density at radius 2 is 1.28 bits per heavy atom. The summed E-state index contributed by atoms with van der Waals surface area (Å²) in [5, 5.41) is 3.89. The fourth-order valence-corrected chi connectivity index (χ4v) is 6.26. The third-order valence-electron chi connectivity index (χ3n) is 6.69. The van der Waals surface area contributed by atoms with E-state index in [1.165, 1.54) is 17.0 Å². The van der Waals surface area contributed by atoms with Crippen LogP contribution in [0.2, 0.25) is 10.0 Å². The monoisotopic (exact) mass is 637 g/mol. The minimum atomic E-state index is -4.17. The van der Waals surface area contributed by atoms with Crippen molar-refractivity contribution in [3.63, 3.8) is 0 Å². The van der Waals surface area contributed by atoms with Crippen LogP contribution in [0.25, 0.3) is 0 Å². The number of sulfonamides is 1. The molecule has 0 aliphatic rings. The minimum Gasteiger partial charge on any atom is -0.352 e. The van der Waals surface area contributed by atoms with Crippen LogP contribution in [0.5, 0.6) is 0 Å². The van der Waals surface area contributed by atoms with E-state index < -0.39 is 28.5 Å². The number of anilines is 1. The first-order valence-electron chi connectivity index (χ1n) is 13.8. The zero-order chi connectivity index (χ0) is 31.0. The fourth-order valence-electron chi connectivity index (χ4n) is 4.58. The van der Waals surface area contributed by atoms with Gasteiger partial charge < -0.3 is 10.2 Å². The maximum Gasteiger partial charge on any atom is 0.264 e. The van der Waals surface area contributed by atoms with E-state index in [9.17, 15) is 18.0 Å². The van der Waals surface area contributed by atoms with Gasteiger partial charge in [0.2, 0.25) is 11.8 Å². The molecule has 43 heavy (non-hydrogen) atoms. The summed E-state index contributed by atoms with van der Waals surface area (Å²) in [6, 6.07) is 29.4. The maximum absolute atomic E-state index is 14.4. The summed E-state index contributed by atoms with van der Waals surface area (Å²) in [6.45, 7) is 3.20. The van der Waals surface area contributed by atoms with Crippen molar-refractivity contribution in [1.82, 2.24) is 10.2 Å². The Morgan fingerprint density at radius 1 is 0.744 bits per heavy atom. The lowest BCUT2D eigenvalue weighted by Crippen LogP contribution is -2.54. The van der Waals surface area contributed by atoms with Gasteiger partial charge in [-0.25, -0.2) is 8.42 Å². The molecule has 0 aliphatic carbocycles. The van der Waals surface area contributed by atoms with E-state index in [1.54, 1.807) is 66.7 Å². The molecule has 0 aromatic heterocycles. The molecule has 2 amide bonds. The third-order valence-corrected chi connectivity index (χ3v) is 8.98. The predicted molar refractivity (Wildman–Crippen MR) is 172 cm³/mol. The van der Waals surface area contributed by atoms with Gasteiger partial charge >= 0.3 is 0 Å². The number of carbonyl (C=O) groups excluding carboxylic acids is 2. The Labute approximate surface area is 263 Å². The summed E-state index contributed by atoms with van der Waals surface area (Å²) < 4.78 is 28.9. The molecule has 4 aromatic carbocycles. The molecule has 224 valence electrons. The average molecular weight is 639 g/mol. The summed E-state index contributed by atoms with van der Waals surface area (Å²) in [6.07, 6.45) is 0.227. The van der Waals surface area contributed by atoms with Gasteiger partial charge in [-0.3, -0.25) is 13.9 Å². The van der Waals surface area contributed by atoms with E-state index in [0.29, 0.717) is 10.0 Å². The predicted octanol–water partition coefficient (Wildman–Crippen LogP) is 6.35. The molecule has 0 unspecified atom stereocenters. The van der Waals surface area contributed by atoms with Crippen molar-refractivity contribution in [3.8, 4) is 0 Å². The molecule has 0 saturated carbocycles. The lowest BCUT2D eigenvalue weighted by molar-refractivity contribution is -0.140. The summed E-state index contributed by atoms with van der Waals surface area (Å²) in [5.74, 6) is -0.894. The molecule has 0 aliphatic heterocycles. The van der Waals surface area contributed by atoms with Crippen molar-refractivity contribution >= 4 is 50.7 Å². The lowest BCUT2D eigenvalue weighted by Gasteiger charge is -2.34. The molecule has 1 atom stereocenters. The standard InChI is InChI=1S/C33H33Cl2N3O4S/c1-24(2)36-33(40)31(21-25-9-5-3-6-10-25)37(22-26-13-15-27(34)16-14-26)32(39)23-38(29-19-17-28(35)18-20-29)43(41,42)30-11-7-4-8-12-30/h3-20,24,31H,21-23H2,1-2H3,(H,36,40)/t31-/m1/s1. The van der Waals surface area contributed by atoms with Crippen molar-refractivity contribution in [1.29, 1.82) is 0 Å². The van der Waals surface area contributed by atoms with Crippen molar-refractivity contribution in [2.75, 3.05) is 10.8 Å². The SMILES string of the molecule is CC(C)NC(=O)[C@@H](Cc1ccccc1)N(Cc1ccc(Cl)cc1)C(=O)CN(c1ccc(Cl)cc1)S(=O)(=O)c1ccccc1. The molecular weight excluding hydrogens is 605 g/mol. The van der Waals surface area contributed by atoms with E-state index in [1.807, 2.05) is 44.2 Å². The molecule has 0 fully saturated rings.